The summed E-state index contributed by atoms with van der Waals surface area (Å²) in [5.41, 5.74) is 4.21. The second-order valence-corrected chi connectivity index (χ2v) is 6.23. The Kier molecular flexibility index (Phi) is 3.10. The molecule has 1 aliphatic carbocycles. The molecule has 0 unspecified atom stereocenters. The molecular weight excluding hydrogens is 318 g/mol. The fourth-order valence-electron chi connectivity index (χ4n) is 3.10. The van der Waals surface area contributed by atoms with Gasteiger partial charge in [-0.25, -0.2) is 19.5 Å². The molecule has 8 nitrogen and oxygen atoms in total. The maximum atomic E-state index is 9.37. The third kappa shape index (κ3) is 2.47. The number of aromatic nitrogens is 6. The third-order valence-corrected chi connectivity index (χ3v) is 4.50. The highest BCUT2D eigenvalue weighted by Crippen LogP contribution is 2.27. The minimum absolute atomic E-state index is 0.206. The fourth-order valence-corrected chi connectivity index (χ4v) is 3.10. The lowest BCUT2D eigenvalue weighted by molar-refractivity contribution is 0.0833. The summed E-state index contributed by atoms with van der Waals surface area (Å²) in [6.45, 7) is 0. The van der Waals surface area contributed by atoms with Crippen LogP contribution in [0.25, 0.3) is 27.8 Å². The number of nitrogens with zero attached hydrogens (tertiary/aromatic N) is 6. The van der Waals surface area contributed by atoms with Gasteiger partial charge in [0.25, 0.3) is 0 Å². The summed E-state index contributed by atoms with van der Waals surface area (Å²) < 4.78 is 1.79. The minimum atomic E-state index is -0.206. The highest BCUT2D eigenvalue weighted by Gasteiger charge is 2.27. The number of nitrogens with one attached hydrogen (secondary N) is 1. The number of rotatable bonds is 3. The lowest BCUT2D eigenvalue weighted by atomic mass is 9.90. The summed E-state index contributed by atoms with van der Waals surface area (Å²) >= 11 is 0. The molecule has 25 heavy (non-hydrogen) atoms. The zero-order valence-corrected chi connectivity index (χ0v) is 13.2. The lowest BCUT2D eigenvalue weighted by Gasteiger charge is -2.31. The Hall–Kier alpha value is -3.13. The van der Waals surface area contributed by atoms with E-state index in [9.17, 15) is 5.11 Å². The molecule has 0 bridgehead atoms. The standard InChI is InChI=1S/C17H15N7O/c25-12-6-11(7-12)22-17-21-9-15-13(1-4-24(15)23-17)10-5-14-16(20-8-10)19-3-2-18-14/h1-5,8-9,11-12,25H,6-7H2,(H,22,23). The van der Waals surface area contributed by atoms with E-state index in [2.05, 4.69) is 30.4 Å². The van der Waals surface area contributed by atoms with E-state index >= 15 is 0 Å². The van der Waals surface area contributed by atoms with Crippen molar-refractivity contribution in [3.05, 3.63) is 43.1 Å². The van der Waals surface area contributed by atoms with Gasteiger partial charge in [0.15, 0.2) is 5.65 Å². The van der Waals surface area contributed by atoms with E-state index in [4.69, 9.17) is 0 Å². The zero-order valence-electron chi connectivity index (χ0n) is 13.2. The Balaban J connectivity index is 1.50. The second kappa shape index (κ2) is 5.45. The number of anilines is 1. The SMILES string of the molecule is OC1CC(Nc2ncc3c(-c4cnc5nccnc5c4)ccn3n2)C1. The van der Waals surface area contributed by atoms with Crippen LogP contribution in [0.4, 0.5) is 5.95 Å². The molecule has 1 fully saturated rings. The molecule has 5 rings (SSSR count). The van der Waals surface area contributed by atoms with Crippen LogP contribution in [0.5, 0.6) is 0 Å². The average molecular weight is 333 g/mol. The third-order valence-electron chi connectivity index (χ3n) is 4.50. The largest absolute Gasteiger partial charge is 0.393 e. The van der Waals surface area contributed by atoms with Crippen molar-refractivity contribution in [3.8, 4) is 11.1 Å². The molecule has 0 atom stereocenters. The topological polar surface area (TPSA) is 101 Å². The smallest absolute Gasteiger partial charge is 0.241 e. The first kappa shape index (κ1) is 14.2. The van der Waals surface area contributed by atoms with Gasteiger partial charge in [-0.15, -0.1) is 5.10 Å². The van der Waals surface area contributed by atoms with E-state index in [1.165, 1.54) is 0 Å². The van der Waals surface area contributed by atoms with E-state index in [0.717, 1.165) is 35.0 Å². The van der Waals surface area contributed by atoms with Crippen molar-refractivity contribution in [2.45, 2.75) is 25.0 Å². The molecular formula is C17H15N7O. The van der Waals surface area contributed by atoms with Crippen LogP contribution in [0.3, 0.4) is 0 Å². The summed E-state index contributed by atoms with van der Waals surface area (Å²) in [4.78, 5) is 17.3. The summed E-state index contributed by atoms with van der Waals surface area (Å²) in [6, 6.07) is 4.19. The first-order valence-corrected chi connectivity index (χ1v) is 8.12. The molecule has 0 saturated heterocycles. The molecule has 0 aliphatic heterocycles. The predicted molar refractivity (Wildman–Crippen MR) is 92.0 cm³/mol. The monoisotopic (exact) mass is 333 g/mol. The quantitative estimate of drug-likeness (QED) is 0.588. The van der Waals surface area contributed by atoms with Gasteiger partial charge in [-0.05, 0) is 25.0 Å². The van der Waals surface area contributed by atoms with Gasteiger partial charge >= 0.3 is 0 Å². The van der Waals surface area contributed by atoms with Gasteiger partial charge in [-0.2, -0.15) is 0 Å². The van der Waals surface area contributed by atoms with Gasteiger partial charge in [0, 0.05) is 42.0 Å². The second-order valence-electron chi connectivity index (χ2n) is 6.23. The Morgan fingerprint density at radius 2 is 1.96 bits per heavy atom. The molecule has 0 aromatic carbocycles. The number of hydrogen-bond acceptors (Lipinski definition) is 7. The molecule has 124 valence electrons. The number of fused-ring (bicyclic) bond motifs is 2. The van der Waals surface area contributed by atoms with Gasteiger partial charge in [-0.3, -0.25) is 4.98 Å². The molecule has 4 heterocycles. The van der Waals surface area contributed by atoms with Gasteiger partial charge in [0.05, 0.1) is 17.8 Å². The van der Waals surface area contributed by atoms with Crippen LogP contribution in [-0.2, 0) is 0 Å². The minimum Gasteiger partial charge on any atom is -0.393 e. The van der Waals surface area contributed by atoms with Crippen LogP contribution in [0.2, 0.25) is 0 Å². The summed E-state index contributed by atoms with van der Waals surface area (Å²) in [5, 5.41) is 17.1. The number of hydrogen-bond donors (Lipinski definition) is 2. The highest BCUT2D eigenvalue weighted by atomic mass is 16.3. The van der Waals surface area contributed by atoms with E-state index < -0.39 is 0 Å². The molecule has 0 radical (unpaired) electrons. The van der Waals surface area contributed by atoms with Gasteiger partial charge in [-0.1, -0.05) is 0 Å². The maximum Gasteiger partial charge on any atom is 0.241 e. The fraction of sp³-hybridized carbons (Fsp3) is 0.235. The zero-order chi connectivity index (χ0) is 16.8. The van der Waals surface area contributed by atoms with Gasteiger partial charge in [0.2, 0.25) is 5.95 Å². The van der Waals surface area contributed by atoms with Crippen molar-refractivity contribution in [3.63, 3.8) is 0 Å². The lowest BCUT2D eigenvalue weighted by Crippen LogP contribution is -2.39. The molecule has 8 heteroatoms. The Morgan fingerprint density at radius 3 is 2.84 bits per heavy atom. The summed E-state index contributed by atoms with van der Waals surface area (Å²) in [5.74, 6) is 0.564. The van der Waals surface area contributed by atoms with Crippen molar-refractivity contribution in [2.75, 3.05) is 5.32 Å². The first-order chi connectivity index (χ1) is 12.3. The maximum absolute atomic E-state index is 9.37. The van der Waals surface area contributed by atoms with Gasteiger partial charge in [0.1, 0.15) is 5.52 Å². The van der Waals surface area contributed by atoms with Crippen LogP contribution in [0.15, 0.2) is 43.1 Å². The van der Waals surface area contributed by atoms with Crippen molar-refractivity contribution in [1.82, 2.24) is 29.5 Å². The van der Waals surface area contributed by atoms with Crippen LogP contribution in [0.1, 0.15) is 12.8 Å². The van der Waals surface area contributed by atoms with Crippen LogP contribution in [0, 0.1) is 0 Å². The number of aliphatic hydroxyl groups is 1. The normalized spacial score (nSPS) is 19.9. The molecule has 1 aliphatic rings. The van der Waals surface area contributed by atoms with Crippen molar-refractivity contribution in [2.24, 2.45) is 0 Å². The van der Waals surface area contributed by atoms with E-state index in [1.807, 2.05) is 18.3 Å². The highest BCUT2D eigenvalue weighted by molar-refractivity contribution is 5.84. The number of aliphatic hydroxyl groups excluding tert-OH is 1. The number of pyridine rings is 1. The first-order valence-electron chi connectivity index (χ1n) is 8.12. The molecule has 4 aromatic heterocycles. The molecule has 2 N–H and O–H groups in total. The van der Waals surface area contributed by atoms with Crippen molar-refractivity contribution >= 4 is 22.6 Å². The Bertz CT molecular complexity index is 1070. The van der Waals surface area contributed by atoms with Crippen LogP contribution < -0.4 is 5.32 Å². The van der Waals surface area contributed by atoms with E-state index in [1.54, 1.807) is 29.3 Å². The van der Waals surface area contributed by atoms with Crippen LogP contribution >= 0.6 is 0 Å². The van der Waals surface area contributed by atoms with Gasteiger partial charge < -0.3 is 10.4 Å². The Morgan fingerprint density at radius 1 is 1.08 bits per heavy atom. The van der Waals surface area contributed by atoms with E-state index in [-0.39, 0.29) is 12.1 Å². The molecule has 4 aromatic rings. The Labute approximate surface area is 142 Å². The average Bonchev–Trinajstić information content (AvgIpc) is 3.03. The van der Waals surface area contributed by atoms with E-state index in [0.29, 0.717) is 11.6 Å². The molecule has 1 saturated carbocycles. The predicted octanol–water partition coefficient (Wildman–Crippen LogP) is 1.67. The van der Waals surface area contributed by atoms with Crippen LogP contribution in [-0.4, -0.2) is 46.8 Å². The van der Waals surface area contributed by atoms with Crippen molar-refractivity contribution < 1.29 is 5.11 Å². The van der Waals surface area contributed by atoms with Crippen molar-refractivity contribution in [1.29, 1.82) is 0 Å². The summed E-state index contributed by atoms with van der Waals surface area (Å²) in [6.07, 6.45) is 10.0. The summed E-state index contributed by atoms with van der Waals surface area (Å²) in [7, 11) is 0. The molecule has 0 spiro atoms. The molecule has 0 amide bonds.